The number of carbonyl (C=O) groups is 2. The zero-order valence-electron chi connectivity index (χ0n) is 15.2. The number of anilines is 1. The number of carboxylic acid groups (broad SMARTS) is 1. The Hall–Kier alpha value is -3.49. The van der Waals surface area contributed by atoms with Crippen LogP contribution in [-0.4, -0.2) is 43.7 Å². The number of aryl methyl sites for hydroxylation is 2. The second-order valence-corrected chi connectivity index (χ2v) is 6.00. The third kappa shape index (κ3) is 3.71. The molecule has 9 nitrogen and oxygen atoms in total. The Morgan fingerprint density at radius 2 is 2.07 bits per heavy atom. The van der Waals surface area contributed by atoms with Crippen molar-refractivity contribution in [3.05, 3.63) is 47.0 Å². The van der Waals surface area contributed by atoms with Crippen molar-refractivity contribution >= 4 is 23.3 Å². The van der Waals surface area contributed by atoms with Crippen LogP contribution in [0, 0.1) is 13.8 Å². The summed E-state index contributed by atoms with van der Waals surface area (Å²) in [7, 11) is 1.38. The minimum atomic E-state index is -1.09. The van der Waals surface area contributed by atoms with Crippen molar-refractivity contribution < 1.29 is 19.4 Å². The van der Waals surface area contributed by atoms with Gasteiger partial charge >= 0.3 is 5.97 Å². The lowest BCUT2D eigenvalue weighted by Gasteiger charge is -2.11. The molecule has 1 aromatic carbocycles. The fraction of sp³-hybridized carbons (Fsp3) is 0.278. The van der Waals surface area contributed by atoms with E-state index in [-0.39, 0.29) is 23.6 Å². The molecule has 0 saturated carbocycles. The molecule has 2 N–H and O–H groups in total. The number of hydrogen-bond acceptors (Lipinski definition) is 6. The van der Waals surface area contributed by atoms with Gasteiger partial charge in [-0.3, -0.25) is 4.79 Å². The van der Waals surface area contributed by atoms with Gasteiger partial charge in [0.2, 0.25) is 5.91 Å². The van der Waals surface area contributed by atoms with Crippen LogP contribution < -0.4 is 10.1 Å². The van der Waals surface area contributed by atoms with E-state index in [1.807, 2.05) is 13.8 Å². The SMILES string of the molecule is COc1cc(NC(=O)CCc2c(C)nc3ncnn3c2C)ccc1C(=O)O. The Morgan fingerprint density at radius 3 is 2.78 bits per heavy atom. The number of carbonyl (C=O) groups excluding carboxylic acids is 1. The van der Waals surface area contributed by atoms with Crippen molar-refractivity contribution in [3.63, 3.8) is 0 Å². The second kappa shape index (κ2) is 7.40. The number of nitrogens with one attached hydrogen (secondary N) is 1. The third-order valence-corrected chi connectivity index (χ3v) is 4.31. The number of fused-ring (bicyclic) bond motifs is 1. The Morgan fingerprint density at radius 1 is 1.30 bits per heavy atom. The van der Waals surface area contributed by atoms with E-state index in [0.29, 0.717) is 17.9 Å². The first-order valence-corrected chi connectivity index (χ1v) is 8.27. The quantitative estimate of drug-likeness (QED) is 0.682. The smallest absolute Gasteiger partial charge is 0.339 e. The molecule has 0 unspecified atom stereocenters. The van der Waals surface area contributed by atoms with E-state index in [4.69, 9.17) is 9.84 Å². The molecule has 0 bridgehead atoms. The van der Waals surface area contributed by atoms with Gasteiger partial charge in [-0.05, 0) is 38.0 Å². The summed E-state index contributed by atoms with van der Waals surface area (Å²) in [6.45, 7) is 3.80. The molecule has 0 spiro atoms. The van der Waals surface area contributed by atoms with Gasteiger partial charge in [-0.15, -0.1) is 0 Å². The molecule has 0 aliphatic rings. The van der Waals surface area contributed by atoms with E-state index in [9.17, 15) is 9.59 Å². The lowest BCUT2D eigenvalue weighted by molar-refractivity contribution is -0.116. The Labute approximate surface area is 155 Å². The summed E-state index contributed by atoms with van der Waals surface area (Å²) in [5, 5.41) is 16.0. The Bertz CT molecular complexity index is 1030. The number of carboxylic acids is 1. The predicted molar refractivity (Wildman–Crippen MR) is 97.2 cm³/mol. The number of ether oxygens (including phenoxy) is 1. The fourth-order valence-corrected chi connectivity index (χ4v) is 2.92. The van der Waals surface area contributed by atoms with Crippen LogP contribution in [0.5, 0.6) is 5.75 Å². The number of hydrogen-bond donors (Lipinski definition) is 2. The first-order valence-electron chi connectivity index (χ1n) is 8.27. The monoisotopic (exact) mass is 369 g/mol. The van der Waals surface area contributed by atoms with E-state index in [1.54, 1.807) is 4.52 Å². The van der Waals surface area contributed by atoms with E-state index >= 15 is 0 Å². The first kappa shape index (κ1) is 18.3. The zero-order valence-corrected chi connectivity index (χ0v) is 15.2. The molecule has 3 rings (SSSR count). The molecule has 3 aromatic rings. The second-order valence-electron chi connectivity index (χ2n) is 6.00. The maximum atomic E-state index is 12.3. The largest absolute Gasteiger partial charge is 0.496 e. The van der Waals surface area contributed by atoms with Gasteiger partial charge in [-0.2, -0.15) is 10.1 Å². The molecule has 0 saturated heterocycles. The molecule has 0 radical (unpaired) electrons. The first-order chi connectivity index (χ1) is 12.9. The van der Waals surface area contributed by atoms with Gasteiger partial charge < -0.3 is 15.2 Å². The van der Waals surface area contributed by atoms with Crippen LogP contribution in [0.4, 0.5) is 5.69 Å². The summed E-state index contributed by atoms with van der Waals surface area (Å²) >= 11 is 0. The maximum absolute atomic E-state index is 12.3. The number of benzene rings is 1. The summed E-state index contributed by atoms with van der Waals surface area (Å²) in [5.41, 5.74) is 3.17. The molecule has 0 aliphatic heterocycles. The third-order valence-electron chi connectivity index (χ3n) is 4.31. The molecule has 0 aliphatic carbocycles. The highest BCUT2D eigenvalue weighted by Gasteiger charge is 2.14. The summed E-state index contributed by atoms with van der Waals surface area (Å²) < 4.78 is 6.72. The van der Waals surface area contributed by atoms with E-state index in [0.717, 1.165) is 17.0 Å². The number of nitrogens with zero attached hydrogens (tertiary/aromatic N) is 4. The van der Waals surface area contributed by atoms with Crippen molar-refractivity contribution in [3.8, 4) is 5.75 Å². The average molecular weight is 369 g/mol. The van der Waals surface area contributed by atoms with Crippen molar-refractivity contribution in [2.75, 3.05) is 12.4 Å². The summed E-state index contributed by atoms with van der Waals surface area (Å²) in [5.74, 6) is -0.569. The van der Waals surface area contributed by atoms with Gasteiger partial charge in [-0.1, -0.05) is 0 Å². The van der Waals surface area contributed by atoms with Gasteiger partial charge in [0.15, 0.2) is 0 Å². The van der Waals surface area contributed by atoms with Crippen molar-refractivity contribution in [1.29, 1.82) is 0 Å². The molecular weight excluding hydrogens is 350 g/mol. The highest BCUT2D eigenvalue weighted by molar-refractivity contribution is 5.94. The normalized spacial score (nSPS) is 10.8. The van der Waals surface area contributed by atoms with Crippen LogP contribution in [0.15, 0.2) is 24.5 Å². The molecule has 9 heteroatoms. The number of aromatic carboxylic acids is 1. The topological polar surface area (TPSA) is 119 Å². The molecule has 2 heterocycles. The Kier molecular flexibility index (Phi) is 5.02. The van der Waals surface area contributed by atoms with Gasteiger partial charge in [0, 0.05) is 29.6 Å². The minimum absolute atomic E-state index is 0.0361. The number of methoxy groups -OCH3 is 1. The molecule has 140 valence electrons. The summed E-state index contributed by atoms with van der Waals surface area (Å²) in [4.78, 5) is 31.9. The van der Waals surface area contributed by atoms with Crippen molar-refractivity contribution in [1.82, 2.24) is 19.6 Å². The van der Waals surface area contributed by atoms with E-state index in [1.165, 1.54) is 31.6 Å². The summed E-state index contributed by atoms with van der Waals surface area (Å²) in [6, 6.07) is 4.41. The molecule has 0 fully saturated rings. The lowest BCUT2D eigenvalue weighted by atomic mass is 10.1. The lowest BCUT2D eigenvalue weighted by Crippen LogP contribution is -2.14. The number of aromatic nitrogens is 4. The van der Waals surface area contributed by atoms with Crippen LogP contribution in [0.2, 0.25) is 0 Å². The van der Waals surface area contributed by atoms with Crippen LogP contribution in [0.3, 0.4) is 0 Å². The molecule has 1 amide bonds. The molecule has 27 heavy (non-hydrogen) atoms. The average Bonchev–Trinajstić information content (AvgIpc) is 3.09. The fourth-order valence-electron chi connectivity index (χ4n) is 2.92. The molecule has 0 atom stereocenters. The van der Waals surface area contributed by atoms with Gasteiger partial charge in [0.05, 0.1) is 7.11 Å². The van der Waals surface area contributed by atoms with E-state index < -0.39 is 5.97 Å². The maximum Gasteiger partial charge on any atom is 0.339 e. The molecule has 2 aromatic heterocycles. The highest BCUT2D eigenvalue weighted by atomic mass is 16.5. The van der Waals surface area contributed by atoms with Gasteiger partial charge in [-0.25, -0.2) is 14.3 Å². The van der Waals surface area contributed by atoms with Crippen LogP contribution in [-0.2, 0) is 11.2 Å². The summed E-state index contributed by atoms with van der Waals surface area (Å²) in [6.07, 6.45) is 2.18. The van der Waals surface area contributed by atoms with Crippen LogP contribution >= 0.6 is 0 Å². The van der Waals surface area contributed by atoms with Crippen LogP contribution in [0.25, 0.3) is 5.78 Å². The Balaban J connectivity index is 1.71. The number of rotatable bonds is 6. The number of amides is 1. The van der Waals surface area contributed by atoms with Crippen LogP contribution in [0.1, 0.15) is 33.7 Å². The van der Waals surface area contributed by atoms with Crippen molar-refractivity contribution in [2.45, 2.75) is 26.7 Å². The van der Waals surface area contributed by atoms with E-state index in [2.05, 4.69) is 20.4 Å². The standard InChI is InChI=1S/C18H19N5O4/c1-10-13(11(2)23-18(21-10)19-9-20-23)6-7-16(24)22-12-4-5-14(17(25)26)15(8-12)27-3/h4-5,8-9H,6-7H2,1-3H3,(H,22,24)(H,25,26). The van der Waals surface area contributed by atoms with Gasteiger partial charge in [0.1, 0.15) is 17.6 Å². The zero-order chi connectivity index (χ0) is 19.6. The van der Waals surface area contributed by atoms with Gasteiger partial charge in [0.25, 0.3) is 5.78 Å². The highest BCUT2D eigenvalue weighted by Crippen LogP contribution is 2.23. The van der Waals surface area contributed by atoms with Crippen molar-refractivity contribution in [2.24, 2.45) is 0 Å². The predicted octanol–water partition coefficient (Wildman–Crippen LogP) is 2.02. The molecular formula is C18H19N5O4. The minimum Gasteiger partial charge on any atom is -0.496 e.